The van der Waals surface area contributed by atoms with Crippen LogP contribution in [0.3, 0.4) is 0 Å². The number of hydrogen-bond donors (Lipinski definition) is 1. The van der Waals surface area contributed by atoms with Gasteiger partial charge in [0.15, 0.2) is 0 Å². The summed E-state index contributed by atoms with van der Waals surface area (Å²) in [6.07, 6.45) is 0.775. The van der Waals surface area contributed by atoms with Crippen LogP contribution in [-0.4, -0.2) is 45.4 Å². The van der Waals surface area contributed by atoms with Crippen LogP contribution >= 0.6 is 0 Å². The summed E-state index contributed by atoms with van der Waals surface area (Å²) < 4.78 is 46.4. The maximum absolute atomic E-state index is 13.8. The Labute approximate surface area is 170 Å². The molecule has 156 valence electrons. The Morgan fingerprint density at radius 3 is 2.55 bits per heavy atom. The summed E-state index contributed by atoms with van der Waals surface area (Å²) in [5.41, 5.74) is 0.620. The first-order valence-corrected chi connectivity index (χ1v) is 11.0. The molecular formula is C21H25FN2O4S. The summed E-state index contributed by atoms with van der Waals surface area (Å²) in [6, 6.07) is 12.1. The van der Waals surface area contributed by atoms with E-state index in [2.05, 4.69) is 5.32 Å². The number of benzene rings is 2. The molecule has 1 aliphatic rings. The summed E-state index contributed by atoms with van der Waals surface area (Å²) in [4.78, 5) is 12.9. The van der Waals surface area contributed by atoms with Gasteiger partial charge in [0.2, 0.25) is 15.9 Å². The van der Waals surface area contributed by atoms with Gasteiger partial charge in [-0.05, 0) is 48.4 Å². The van der Waals surface area contributed by atoms with Crippen molar-refractivity contribution < 1.29 is 22.3 Å². The zero-order valence-electron chi connectivity index (χ0n) is 16.5. The third-order valence-electron chi connectivity index (χ3n) is 5.15. The van der Waals surface area contributed by atoms with Gasteiger partial charge in [0, 0.05) is 25.6 Å². The minimum Gasteiger partial charge on any atom is -0.497 e. The second-order valence-corrected chi connectivity index (χ2v) is 8.99. The molecule has 2 atom stereocenters. The lowest BCUT2D eigenvalue weighted by molar-refractivity contribution is -0.124. The van der Waals surface area contributed by atoms with Gasteiger partial charge in [-0.25, -0.2) is 12.8 Å². The molecule has 0 aromatic heterocycles. The Kier molecular flexibility index (Phi) is 6.54. The standard InChI is InChI=1S/C21H25FN2O4S/c1-3-11-23-21(25)20-14-24(13-19(20)15-5-4-6-16(22)12-15)29(26,27)18-9-7-17(28-2)8-10-18/h4-10,12,19-20H,3,11,13-14H2,1-2H3,(H,23,25). The van der Waals surface area contributed by atoms with Crippen LogP contribution in [0.15, 0.2) is 53.4 Å². The fraction of sp³-hybridized carbons (Fsp3) is 0.381. The number of halogens is 1. The third-order valence-corrected chi connectivity index (χ3v) is 6.99. The zero-order valence-corrected chi connectivity index (χ0v) is 17.3. The van der Waals surface area contributed by atoms with Gasteiger partial charge in [-0.2, -0.15) is 4.31 Å². The van der Waals surface area contributed by atoms with Crippen molar-refractivity contribution in [3.05, 3.63) is 59.9 Å². The van der Waals surface area contributed by atoms with E-state index < -0.39 is 27.7 Å². The van der Waals surface area contributed by atoms with Crippen molar-refractivity contribution in [3.63, 3.8) is 0 Å². The van der Waals surface area contributed by atoms with Gasteiger partial charge < -0.3 is 10.1 Å². The van der Waals surface area contributed by atoms with Gasteiger partial charge in [-0.1, -0.05) is 19.1 Å². The number of methoxy groups -OCH3 is 1. The van der Waals surface area contributed by atoms with Crippen LogP contribution in [-0.2, 0) is 14.8 Å². The van der Waals surface area contributed by atoms with E-state index in [0.29, 0.717) is 17.9 Å². The minimum absolute atomic E-state index is 0.0467. The van der Waals surface area contributed by atoms with Crippen molar-refractivity contribution in [2.75, 3.05) is 26.7 Å². The van der Waals surface area contributed by atoms with Crippen molar-refractivity contribution in [2.24, 2.45) is 5.92 Å². The lowest BCUT2D eigenvalue weighted by Gasteiger charge is -2.18. The van der Waals surface area contributed by atoms with Crippen molar-refractivity contribution in [2.45, 2.75) is 24.2 Å². The van der Waals surface area contributed by atoms with Crippen LogP contribution < -0.4 is 10.1 Å². The van der Waals surface area contributed by atoms with Crippen LogP contribution in [0.2, 0.25) is 0 Å². The summed E-state index contributed by atoms with van der Waals surface area (Å²) >= 11 is 0. The Bertz CT molecular complexity index is 963. The Morgan fingerprint density at radius 2 is 1.93 bits per heavy atom. The highest BCUT2D eigenvalue weighted by molar-refractivity contribution is 7.89. The molecule has 0 radical (unpaired) electrons. The molecule has 1 N–H and O–H groups in total. The van der Waals surface area contributed by atoms with Gasteiger partial charge >= 0.3 is 0 Å². The van der Waals surface area contributed by atoms with Crippen LogP contribution in [0.1, 0.15) is 24.8 Å². The fourth-order valence-electron chi connectivity index (χ4n) is 3.58. The number of rotatable bonds is 7. The predicted molar refractivity (Wildman–Crippen MR) is 108 cm³/mol. The summed E-state index contributed by atoms with van der Waals surface area (Å²) in [6.45, 7) is 2.61. The number of amides is 1. The summed E-state index contributed by atoms with van der Waals surface area (Å²) in [7, 11) is -2.29. The van der Waals surface area contributed by atoms with E-state index in [-0.39, 0.29) is 23.9 Å². The molecule has 0 spiro atoms. The number of hydrogen-bond acceptors (Lipinski definition) is 4. The Morgan fingerprint density at radius 1 is 1.21 bits per heavy atom. The van der Waals surface area contributed by atoms with E-state index in [1.807, 2.05) is 6.92 Å². The first kappa shape index (κ1) is 21.3. The molecule has 2 unspecified atom stereocenters. The van der Waals surface area contributed by atoms with Crippen molar-refractivity contribution >= 4 is 15.9 Å². The number of sulfonamides is 1. The molecule has 8 heteroatoms. The average Bonchev–Trinajstić information content (AvgIpc) is 3.18. The van der Waals surface area contributed by atoms with E-state index in [1.54, 1.807) is 24.3 Å². The molecule has 3 rings (SSSR count). The smallest absolute Gasteiger partial charge is 0.243 e. The van der Waals surface area contributed by atoms with E-state index in [9.17, 15) is 17.6 Å². The van der Waals surface area contributed by atoms with Crippen molar-refractivity contribution in [1.29, 1.82) is 0 Å². The molecule has 0 aliphatic carbocycles. The monoisotopic (exact) mass is 420 g/mol. The molecule has 1 saturated heterocycles. The highest BCUT2D eigenvalue weighted by Gasteiger charge is 2.43. The number of ether oxygens (including phenoxy) is 1. The molecular weight excluding hydrogens is 395 g/mol. The van der Waals surface area contributed by atoms with Crippen LogP contribution in [0, 0.1) is 11.7 Å². The van der Waals surface area contributed by atoms with Crippen LogP contribution in [0.4, 0.5) is 4.39 Å². The first-order valence-electron chi connectivity index (χ1n) is 9.54. The summed E-state index contributed by atoms with van der Waals surface area (Å²) in [5.74, 6) is -1.08. The maximum Gasteiger partial charge on any atom is 0.243 e. The molecule has 6 nitrogen and oxygen atoms in total. The fourth-order valence-corrected chi connectivity index (χ4v) is 5.07. The second kappa shape index (κ2) is 8.92. The molecule has 1 fully saturated rings. The highest BCUT2D eigenvalue weighted by Crippen LogP contribution is 2.36. The van der Waals surface area contributed by atoms with Gasteiger partial charge in [0.25, 0.3) is 0 Å². The van der Waals surface area contributed by atoms with Gasteiger partial charge in [0.05, 0.1) is 17.9 Å². The molecule has 0 bridgehead atoms. The van der Waals surface area contributed by atoms with Gasteiger partial charge in [-0.15, -0.1) is 0 Å². The minimum atomic E-state index is -3.80. The van der Waals surface area contributed by atoms with Crippen LogP contribution in [0.25, 0.3) is 0 Å². The molecule has 0 saturated carbocycles. The zero-order chi connectivity index (χ0) is 21.0. The normalized spacial score (nSPS) is 19.8. The maximum atomic E-state index is 13.8. The SMILES string of the molecule is CCCNC(=O)C1CN(S(=O)(=O)c2ccc(OC)cc2)CC1c1cccc(F)c1. The number of nitrogens with one attached hydrogen (secondary N) is 1. The molecule has 2 aromatic rings. The van der Waals surface area contributed by atoms with Gasteiger partial charge in [-0.3, -0.25) is 4.79 Å². The molecule has 2 aromatic carbocycles. The Hall–Kier alpha value is -2.45. The largest absolute Gasteiger partial charge is 0.497 e. The number of nitrogens with zero attached hydrogens (tertiary/aromatic N) is 1. The lowest BCUT2D eigenvalue weighted by atomic mass is 9.88. The van der Waals surface area contributed by atoms with E-state index in [0.717, 1.165) is 6.42 Å². The summed E-state index contributed by atoms with van der Waals surface area (Å²) in [5, 5.41) is 2.84. The third kappa shape index (κ3) is 4.59. The lowest BCUT2D eigenvalue weighted by Crippen LogP contribution is -2.36. The molecule has 1 aliphatic heterocycles. The van der Waals surface area contributed by atoms with Crippen LogP contribution in [0.5, 0.6) is 5.75 Å². The van der Waals surface area contributed by atoms with Crippen molar-refractivity contribution in [1.82, 2.24) is 9.62 Å². The van der Waals surface area contributed by atoms with Gasteiger partial charge in [0.1, 0.15) is 11.6 Å². The predicted octanol–water partition coefficient (Wildman–Crippen LogP) is 2.76. The second-order valence-electron chi connectivity index (χ2n) is 7.06. The van der Waals surface area contributed by atoms with E-state index >= 15 is 0 Å². The molecule has 29 heavy (non-hydrogen) atoms. The van der Waals surface area contributed by atoms with E-state index in [1.165, 1.54) is 35.7 Å². The quantitative estimate of drug-likeness (QED) is 0.747. The average molecular weight is 421 g/mol. The topological polar surface area (TPSA) is 75.7 Å². The van der Waals surface area contributed by atoms with Crippen molar-refractivity contribution in [3.8, 4) is 5.75 Å². The molecule has 1 amide bonds. The Balaban J connectivity index is 1.91. The number of carbonyl (C=O) groups excluding carboxylic acids is 1. The molecule has 1 heterocycles. The van der Waals surface area contributed by atoms with E-state index in [4.69, 9.17) is 4.74 Å². The highest BCUT2D eigenvalue weighted by atomic mass is 32.2. The first-order chi connectivity index (χ1) is 13.9. The number of carbonyl (C=O) groups is 1.